The van der Waals surface area contributed by atoms with Crippen LogP contribution in [0.1, 0.15) is 6.92 Å². The number of allylic oxidation sites excluding steroid dienone is 1. The monoisotopic (exact) mass is 254 g/mol. The fourth-order valence-electron chi connectivity index (χ4n) is 0.911. The molecule has 0 radical (unpaired) electrons. The molecule has 1 aromatic carbocycles. The lowest BCUT2D eigenvalue weighted by Gasteiger charge is -2.04. The molecule has 0 aliphatic rings. The number of carbonyl (C=O) groups excluding carboxylic acids is 1. The number of ether oxygens (including phenoxy) is 1. The van der Waals surface area contributed by atoms with Crippen molar-refractivity contribution >= 4 is 21.9 Å². The van der Waals surface area contributed by atoms with Crippen molar-refractivity contribution in [3.05, 3.63) is 42.0 Å². The van der Waals surface area contributed by atoms with E-state index in [9.17, 15) is 4.79 Å². The van der Waals surface area contributed by atoms with E-state index < -0.39 is 0 Å². The molecule has 1 rings (SSSR count). The maximum atomic E-state index is 11.5. The third-order valence-corrected chi connectivity index (χ3v) is 2.31. The first-order chi connectivity index (χ1) is 6.77. The molecule has 14 heavy (non-hydrogen) atoms. The molecule has 0 saturated carbocycles. The number of hydrogen-bond donors (Lipinski definition) is 0. The Morgan fingerprint density at radius 2 is 2.07 bits per heavy atom. The molecule has 2 nitrogen and oxygen atoms in total. The molecule has 0 spiro atoms. The van der Waals surface area contributed by atoms with Crippen LogP contribution < -0.4 is 4.74 Å². The van der Waals surface area contributed by atoms with Gasteiger partial charge in [0, 0.05) is 10.9 Å². The van der Waals surface area contributed by atoms with Gasteiger partial charge < -0.3 is 4.74 Å². The molecule has 1 aromatic rings. The smallest absolute Gasteiger partial charge is 0.339 e. The van der Waals surface area contributed by atoms with E-state index in [1.807, 2.05) is 25.1 Å². The Hall–Kier alpha value is -1.09. The second kappa shape index (κ2) is 5.60. The SMILES string of the molecule is CC=C(CBr)C(=O)Oc1ccccc1. The van der Waals surface area contributed by atoms with Crippen molar-refractivity contribution in [1.29, 1.82) is 0 Å². The summed E-state index contributed by atoms with van der Waals surface area (Å²) in [5, 5.41) is 0.509. The highest BCUT2D eigenvalue weighted by Gasteiger charge is 2.08. The van der Waals surface area contributed by atoms with Crippen molar-refractivity contribution in [3.8, 4) is 5.75 Å². The zero-order chi connectivity index (χ0) is 10.4. The van der Waals surface area contributed by atoms with E-state index in [0.717, 1.165) is 0 Å². The standard InChI is InChI=1S/C11H11BrO2/c1-2-9(8-12)11(13)14-10-6-4-3-5-7-10/h2-7H,8H2,1H3. The van der Waals surface area contributed by atoms with Crippen LogP contribution in [-0.4, -0.2) is 11.3 Å². The van der Waals surface area contributed by atoms with Crippen molar-refractivity contribution in [2.24, 2.45) is 0 Å². The largest absolute Gasteiger partial charge is 0.423 e. The van der Waals surface area contributed by atoms with Gasteiger partial charge in [0.15, 0.2) is 0 Å². The lowest BCUT2D eigenvalue weighted by Crippen LogP contribution is -2.11. The Bertz CT molecular complexity index is 330. The maximum absolute atomic E-state index is 11.5. The average Bonchev–Trinajstić information content (AvgIpc) is 2.21. The molecule has 0 aliphatic heterocycles. The normalized spacial score (nSPS) is 11.1. The molecule has 0 N–H and O–H groups in total. The number of benzene rings is 1. The first kappa shape index (κ1) is 11.0. The molecule has 0 unspecified atom stereocenters. The lowest BCUT2D eigenvalue weighted by atomic mass is 10.3. The molecule has 3 heteroatoms. The molecule has 0 amide bonds. The van der Waals surface area contributed by atoms with E-state index in [1.165, 1.54) is 0 Å². The van der Waals surface area contributed by atoms with Gasteiger partial charge >= 0.3 is 5.97 Å². The molecule has 0 bridgehead atoms. The minimum absolute atomic E-state index is 0.310. The van der Waals surface area contributed by atoms with Crippen molar-refractivity contribution in [2.75, 3.05) is 5.33 Å². The Morgan fingerprint density at radius 3 is 2.57 bits per heavy atom. The lowest BCUT2D eigenvalue weighted by molar-refractivity contribution is -0.130. The predicted molar refractivity (Wildman–Crippen MR) is 59.6 cm³/mol. The fourth-order valence-corrected chi connectivity index (χ4v) is 1.46. The van der Waals surface area contributed by atoms with Crippen LogP contribution in [0.3, 0.4) is 0 Å². The highest BCUT2D eigenvalue weighted by molar-refractivity contribution is 9.09. The number of esters is 1. The molecule has 0 fully saturated rings. The van der Waals surface area contributed by atoms with E-state index in [4.69, 9.17) is 4.74 Å². The second-order valence-corrected chi connectivity index (χ2v) is 3.21. The summed E-state index contributed by atoms with van der Waals surface area (Å²) in [4.78, 5) is 11.5. The van der Waals surface area contributed by atoms with Crippen molar-refractivity contribution < 1.29 is 9.53 Å². The summed E-state index contributed by atoms with van der Waals surface area (Å²) >= 11 is 3.22. The number of rotatable bonds is 3. The van der Waals surface area contributed by atoms with Gasteiger partial charge in [0.2, 0.25) is 0 Å². The third kappa shape index (κ3) is 3.00. The first-order valence-corrected chi connectivity index (χ1v) is 5.38. The number of carbonyl (C=O) groups is 1. The minimum Gasteiger partial charge on any atom is -0.423 e. The number of para-hydroxylation sites is 1. The summed E-state index contributed by atoms with van der Waals surface area (Å²) < 4.78 is 5.12. The molecule has 0 atom stereocenters. The van der Waals surface area contributed by atoms with Gasteiger partial charge in [0.1, 0.15) is 5.75 Å². The highest BCUT2D eigenvalue weighted by atomic mass is 79.9. The summed E-state index contributed by atoms with van der Waals surface area (Å²) in [6.07, 6.45) is 1.74. The number of halogens is 1. The van der Waals surface area contributed by atoms with Gasteiger partial charge in [-0.05, 0) is 19.1 Å². The van der Waals surface area contributed by atoms with Crippen molar-refractivity contribution in [2.45, 2.75) is 6.92 Å². The summed E-state index contributed by atoms with van der Waals surface area (Å²) in [5.74, 6) is 0.258. The highest BCUT2D eigenvalue weighted by Crippen LogP contribution is 2.11. The van der Waals surface area contributed by atoms with Crippen LogP contribution in [0.2, 0.25) is 0 Å². The number of hydrogen-bond acceptors (Lipinski definition) is 2. The summed E-state index contributed by atoms with van der Waals surface area (Å²) in [7, 11) is 0. The quantitative estimate of drug-likeness (QED) is 0.359. The van der Waals surface area contributed by atoms with Crippen LogP contribution in [0, 0.1) is 0 Å². The zero-order valence-corrected chi connectivity index (χ0v) is 9.45. The topological polar surface area (TPSA) is 26.3 Å². The van der Waals surface area contributed by atoms with Crippen LogP contribution >= 0.6 is 15.9 Å². The van der Waals surface area contributed by atoms with Gasteiger partial charge in [-0.2, -0.15) is 0 Å². The van der Waals surface area contributed by atoms with Crippen LogP contribution in [0.4, 0.5) is 0 Å². The van der Waals surface area contributed by atoms with Crippen LogP contribution in [0.25, 0.3) is 0 Å². The van der Waals surface area contributed by atoms with Crippen LogP contribution in [0.15, 0.2) is 42.0 Å². The first-order valence-electron chi connectivity index (χ1n) is 4.26. The Labute approximate surface area is 91.7 Å². The molecule has 74 valence electrons. The van der Waals surface area contributed by atoms with E-state index in [-0.39, 0.29) is 5.97 Å². The van der Waals surface area contributed by atoms with Gasteiger partial charge in [0.05, 0.1) is 0 Å². The third-order valence-electron chi connectivity index (χ3n) is 1.71. The summed E-state index contributed by atoms with van der Waals surface area (Å²) in [6, 6.07) is 9.02. The Balaban J connectivity index is 2.66. The van der Waals surface area contributed by atoms with Gasteiger partial charge in [-0.25, -0.2) is 4.79 Å². The average molecular weight is 255 g/mol. The van der Waals surface area contributed by atoms with E-state index in [2.05, 4.69) is 15.9 Å². The predicted octanol–water partition coefficient (Wildman–Crippen LogP) is 2.93. The summed E-state index contributed by atoms with van der Waals surface area (Å²) in [6.45, 7) is 1.81. The molecule has 0 aliphatic carbocycles. The van der Waals surface area contributed by atoms with E-state index >= 15 is 0 Å². The van der Waals surface area contributed by atoms with Gasteiger partial charge in [-0.3, -0.25) is 0 Å². The second-order valence-electron chi connectivity index (χ2n) is 2.65. The molecule has 0 aromatic heterocycles. The van der Waals surface area contributed by atoms with Crippen LogP contribution in [-0.2, 0) is 4.79 Å². The van der Waals surface area contributed by atoms with E-state index in [0.29, 0.717) is 16.7 Å². The van der Waals surface area contributed by atoms with Gasteiger partial charge in [0.25, 0.3) is 0 Å². The maximum Gasteiger partial charge on any atom is 0.339 e. The molecular weight excluding hydrogens is 244 g/mol. The van der Waals surface area contributed by atoms with Gasteiger partial charge in [-0.15, -0.1) is 0 Å². The van der Waals surface area contributed by atoms with Crippen LogP contribution in [0.5, 0.6) is 5.75 Å². The Morgan fingerprint density at radius 1 is 1.43 bits per heavy atom. The molecular formula is C11H11BrO2. The zero-order valence-electron chi connectivity index (χ0n) is 7.87. The number of alkyl halides is 1. The molecule has 0 saturated heterocycles. The molecule has 0 heterocycles. The van der Waals surface area contributed by atoms with Gasteiger partial charge in [-0.1, -0.05) is 40.2 Å². The minimum atomic E-state index is -0.310. The Kier molecular flexibility index (Phi) is 4.40. The van der Waals surface area contributed by atoms with Crippen molar-refractivity contribution in [1.82, 2.24) is 0 Å². The fraction of sp³-hybridized carbons (Fsp3) is 0.182. The summed E-state index contributed by atoms with van der Waals surface area (Å²) in [5.41, 5.74) is 0.619. The van der Waals surface area contributed by atoms with Crippen molar-refractivity contribution in [3.63, 3.8) is 0 Å². The van der Waals surface area contributed by atoms with E-state index in [1.54, 1.807) is 18.2 Å².